The maximum absolute atomic E-state index is 15.0. The van der Waals surface area contributed by atoms with Crippen LogP contribution >= 0.6 is 0 Å². The van der Waals surface area contributed by atoms with Crippen molar-refractivity contribution in [2.24, 2.45) is 5.73 Å². The molecule has 1 aliphatic heterocycles. The van der Waals surface area contributed by atoms with Gasteiger partial charge in [0, 0.05) is 62.1 Å². The van der Waals surface area contributed by atoms with Gasteiger partial charge in [-0.3, -0.25) is 23.6 Å². The number of alkyl halides is 3. The van der Waals surface area contributed by atoms with Crippen molar-refractivity contribution in [2.75, 3.05) is 37.6 Å². The van der Waals surface area contributed by atoms with Crippen LogP contribution in [0.1, 0.15) is 51.3 Å². The molecule has 1 atom stereocenters. The van der Waals surface area contributed by atoms with Gasteiger partial charge in [0.25, 0.3) is 11.5 Å². The van der Waals surface area contributed by atoms with Crippen LogP contribution < -0.4 is 27.2 Å². The van der Waals surface area contributed by atoms with Gasteiger partial charge in [-0.15, -0.1) is 0 Å². The van der Waals surface area contributed by atoms with Gasteiger partial charge in [0.2, 0.25) is 0 Å². The first-order valence-corrected chi connectivity index (χ1v) is 15.7. The van der Waals surface area contributed by atoms with Crippen molar-refractivity contribution in [3.8, 4) is 0 Å². The molecular formula is C35H38F4N6O3. The first kappa shape index (κ1) is 34.6. The molecule has 3 aromatic carbocycles. The zero-order valence-corrected chi connectivity index (χ0v) is 26.8. The summed E-state index contributed by atoms with van der Waals surface area (Å²) in [5.41, 5.74) is 5.48. The third-order valence-electron chi connectivity index (χ3n) is 8.63. The Hall–Kier alpha value is -4.75. The van der Waals surface area contributed by atoms with E-state index in [4.69, 9.17) is 5.73 Å². The number of hydrogen-bond donors (Lipinski definition) is 2. The number of benzene rings is 3. The summed E-state index contributed by atoms with van der Waals surface area (Å²) in [6.45, 7) is 5.25. The van der Waals surface area contributed by atoms with Crippen LogP contribution in [0.25, 0.3) is 0 Å². The fraction of sp³-hybridized carbons (Fsp3) is 0.343. The second-order valence-corrected chi connectivity index (χ2v) is 11.8. The summed E-state index contributed by atoms with van der Waals surface area (Å²) < 4.78 is 58.8. The third kappa shape index (κ3) is 7.52. The quantitative estimate of drug-likeness (QED) is 0.245. The molecule has 0 bridgehead atoms. The molecule has 13 heteroatoms. The molecule has 1 unspecified atom stereocenters. The van der Waals surface area contributed by atoms with Crippen LogP contribution in [-0.2, 0) is 25.8 Å². The van der Waals surface area contributed by atoms with Crippen LogP contribution in [0.3, 0.4) is 0 Å². The minimum absolute atomic E-state index is 0.133. The summed E-state index contributed by atoms with van der Waals surface area (Å²) in [5, 5.41) is 2.79. The van der Waals surface area contributed by atoms with Gasteiger partial charge in [0.05, 0.1) is 18.7 Å². The minimum atomic E-state index is -4.86. The first-order valence-electron chi connectivity index (χ1n) is 15.7. The summed E-state index contributed by atoms with van der Waals surface area (Å²) in [7, 11) is 0. The Kier molecular flexibility index (Phi) is 10.5. The molecule has 48 heavy (non-hydrogen) atoms. The molecule has 4 aromatic rings. The van der Waals surface area contributed by atoms with E-state index >= 15 is 0 Å². The van der Waals surface area contributed by atoms with Crippen molar-refractivity contribution in [2.45, 2.75) is 45.7 Å². The predicted octanol–water partition coefficient (Wildman–Crippen LogP) is 4.30. The van der Waals surface area contributed by atoms with Gasteiger partial charge in [0.1, 0.15) is 11.5 Å². The molecule has 0 saturated carbocycles. The summed E-state index contributed by atoms with van der Waals surface area (Å²) >= 11 is 0. The van der Waals surface area contributed by atoms with Gasteiger partial charge in [0.15, 0.2) is 0 Å². The zero-order chi connectivity index (χ0) is 34.6. The van der Waals surface area contributed by atoms with Crippen LogP contribution in [0, 0.1) is 12.7 Å². The lowest BCUT2D eigenvalue weighted by atomic mass is 10.1. The van der Waals surface area contributed by atoms with Crippen LogP contribution in [0.5, 0.6) is 0 Å². The lowest BCUT2D eigenvalue weighted by Crippen LogP contribution is -2.51. The largest absolute Gasteiger partial charge is 0.416 e. The number of nitrogens with zero attached hydrogens (tertiary/aromatic N) is 4. The van der Waals surface area contributed by atoms with Crippen molar-refractivity contribution in [3.05, 3.63) is 133 Å². The summed E-state index contributed by atoms with van der Waals surface area (Å²) in [5.74, 6) is -1.27. The minimum Gasteiger partial charge on any atom is -0.363 e. The molecule has 1 aromatic heterocycles. The lowest BCUT2D eigenvalue weighted by molar-refractivity contribution is -0.138. The Balaban J connectivity index is 1.48. The average molecular weight is 667 g/mol. The maximum Gasteiger partial charge on any atom is 0.416 e. The molecule has 0 spiro atoms. The summed E-state index contributed by atoms with van der Waals surface area (Å²) in [4.78, 5) is 44.2. The number of rotatable bonds is 10. The standard InChI is InChI=1S/C35H38F4N6O3/c1-3-41-32(46)26-12-7-9-24(19-26)20-42-15-17-43(18-16-42)31-23(2)44(21-27-28(35(37,38)39)13-8-14-29(27)36)34(48)45(33(31)47)22-30(40)25-10-5-4-6-11-25/h4-14,19,30H,3,15-18,20-22,40H2,1-2H3,(H,41,46). The first-order chi connectivity index (χ1) is 22.9. The van der Waals surface area contributed by atoms with Crippen LogP contribution in [0.15, 0.2) is 82.4 Å². The van der Waals surface area contributed by atoms with E-state index in [9.17, 15) is 31.9 Å². The van der Waals surface area contributed by atoms with Crippen molar-refractivity contribution in [1.82, 2.24) is 19.4 Å². The lowest BCUT2D eigenvalue weighted by Gasteiger charge is -2.37. The predicted molar refractivity (Wildman–Crippen MR) is 176 cm³/mol. The van der Waals surface area contributed by atoms with E-state index in [0.717, 1.165) is 32.9 Å². The normalized spacial score (nSPS) is 14.6. The molecule has 1 aliphatic rings. The van der Waals surface area contributed by atoms with E-state index in [-0.39, 0.29) is 23.8 Å². The zero-order valence-electron chi connectivity index (χ0n) is 26.8. The van der Waals surface area contributed by atoms with Gasteiger partial charge in [-0.05, 0) is 49.2 Å². The average Bonchev–Trinajstić information content (AvgIpc) is 3.06. The fourth-order valence-electron chi connectivity index (χ4n) is 6.10. The smallest absolute Gasteiger partial charge is 0.363 e. The number of hydrogen-bond acceptors (Lipinski definition) is 6. The van der Waals surface area contributed by atoms with Crippen LogP contribution in [-0.4, -0.2) is 52.7 Å². The number of nitrogens with one attached hydrogen (secondary N) is 1. The Morgan fingerprint density at radius 2 is 1.60 bits per heavy atom. The van der Waals surface area contributed by atoms with E-state index < -0.39 is 47.0 Å². The van der Waals surface area contributed by atoms with E-state index in [0.29, 0.717) is 50.4 Å². The molecule has 2 heterocycles. The van der Waals surface area contributed by atoms with E-state index in [1.54, 1.807) is 36.4 Å². The van der Waals surface area contributed by atoms with Crippen molar-refractivity contribution in [3.63, 3.8) is 0 Å². The van der Waals surface area contributed by atoms with Gasteiger partial charge >= 0.3 is 11.9 Å². The SMILES string of the molecule is CCNC(=O)c1cccc(CN2CCN(c3c(C)n(Cc4c(F)cccc4C(F)(F)F)c(=O)n(CC(N)c4ccccc4)c3=O)CC2)c1. The molecule has 254 valence electrons. The Bertz CT molecular complexity index is 1880. The summed E-state index contributed by atoms with van der Waals surface area (Å²) in [6.07, 6.45) is -4.86. The topological polar surface area (TPSA) is 106 Å². The Morgan fingerprint density at radius 3 is 2.27 bits per heavy atom. The second-order valence-electron chi connectivity index (χ2n) is 11.8. The molecular weight excluding hydrogens is 628 g/mol. The Labute approximate surface area is 275 Å². The molecule has 9 nitrogen and oxygen atoms in total. The number of halogens is 4. The highest BCUT2D eigenvalue weighted by atomic mass is 19.4. The van der Waals surface area contributed by atoms with E-state index in [2.05, 4.69) is 10.2 Å². The highest BCUT2D eigenvalue weighted by molar-refractivity contribution is 5.94. The third-order valence-corrected chi connectivity index (χ3v) is 8.63. The highest BCUT2D eigenvalue weighted by Crippen LogP contribution is 2.33. The van der Waals surface area contributed by atoms with Crippen molar-refractivity contribution >= 4 is 11.6 Å². The number of piperazine rings is 1. The van der Waals surface area contributed by atoms with Gasteiger partial charge in [-0.1, -0.05) is 48.5 Å². The fourth-order valence-corrected chi connectivity index (χ4v) is 6.10. The highest BCUT2D eigenvalue weighted by Gasteiger charge is 2.35. The molecule has 1 amide bonds. The van der Waals surface area contributed by atoms with Crippen molar-refractivity contribution < 1.29 is 22.4 Å². The summed E-state index contributed by atoms with van der Waals surface area (Å²) in [6, 6.07) is 18.1. The molecule has 1 saturated heterocycles. The van der Waals surface area contributed by atoms with E-state index in [1.165, 1.54) is 6.92 Å². The Morgan fingerprint density at radius 1 is 0.917 bits per heavy atom. The van der Waals surface area contributed by atoms with Crippen LogP contribution in [0.4, 0.5) is 23.2 Å². The number of carbonyl (C=O) groups excluding carboxylic acids is 1. The number of aromatic nitrogens is 2. The van der Waals surface area contributed by atoms with Gasteiger partial charge in [-0.25, -0.2) is 9.18 Å². The molecule has 5 rings (SSSR count). The maximum atomic E-state index is 15.0. The monoisotopic (exact) mass is 666 g/mol. The van der Waals surface area contributed by atoms with Gasteiger partial charge in [-0.2, -0.15) is 13.2 Å². The molecule has 1 fully saturated rings. The van der Waals surface area contributed by atoms with Crippen LogP contribution in [0.2, 0.25) is 0 Å². The number of carbonyl (C=O) groups is 1. The number of amides is 1. The van der Waals surface area contributed by atoms with E-state index in [1.807, 2.05) is 30.0 Å². The van der Waals surface area contributed by atoms with Crippen molar-refractivity contribution in [1.29, 1.82) is 0 Å². The number of anilines is 1. The van der Waals surface area contributed by atoms with Gasteiger partial charge < -0.3 is 16.0 Å². The second kappa shape index (κ2) is 14.6. The molecule has 3 N–H and O–H groups in total. The molecule has 0 aliphatic carbocycles. The number of nitrogens with two attached hydrogens (primary N) is 1. The molecule has 0 radical (unpaired) electrons.